The van der Waals surface area contributed by atoms with E-state index in [4.69, 9.17) is 0 Å². The van der Waals surface area contributed by atoms with Gasteiger partial charge in [-0.2, -0.15) is 0 Å². The molecule has 0 aliphatic carbocycles. The summed E-state index contributed by atoms with van der Waals surface area (Å²) in [5, 5.41) is 0. The number of likely N-dealkylation sites (tertiary alicyclic amines) is 1. The molecule has 2 unspecified atom stereocenters. The van der Waals surface area contributed by atoms with Crippen molar-refractivity contribution in [2.75, 3.05) is 13.1 Å². The van der Waals surface area contributed by atoms with E-state index in [0.717, 1.165) is 10.9 Å². The van der Waals surface area contributed by atoms with E-state index in [1.54, 1.807) is 0 Å². The zero-order valence-corrected chi connectivity index (χ0v) is 9.81. The van der Waals surface area contributed by atoms with Gasteiger partial charge in [-0.15, -0.1) is 0 Å². The van der Waals surface area contributed by atoms with Gasteiger partial charge in [-0.1, -0.05) is 29.3 Å². The first-order valence-electron chi connectivity index (χ1n) is 5.12. The maximum atomic E-state index is 3.70. The van der Waals surface area contributed by atoms with Crippen LogP contribution in [0.3, 0.4) is 0 Å². The third-order valence-electron chi connectivity index (χ3n) is 2.75. The molecule has 0 spiro atoms. The van der Waals surface area contributed by atoms with Gasteiger partial charge in [0.25, 0.3) is 0 Å². The van der Waals surface area contributed by atoms with Gasteiger partial charge in [0.15, 0.2) is 0 Å². The Kier molecular flexibility index (Phi) is 4.59. The molecule has 0 saturated carbocycles. The smallest absolute Gasteiger partial charge is 0.0172 e. The molecule has 1 aliphatic rings. The van der Waals surface area contributed by atoms with Gasteiger partial charge in [-0.25, -0.2) is 0 Å². The second-order valence-corrected chi connectivity index (χ2v) is 5.16. The Morgan fingerprint density at radius 3 is 2.83 bits per heavy atom. The molecule has 1 nitrogen and oxygen atoms in total. The topological polar surface area (TPSA) is 3.24 Å². The number of nitrogens with zero attached hydrogens (tertiary/aromatic N) is 1. The maximum Gasteiger partial charge on any atom is 0.0172 e. The Bertz CT molecular complexity index is 125. The monoisotopic (exact) mass is 233 g/mol. The van der Waals surface area contributed by atoms with E-state index < -0.39 is 0 Å². The van der Waals surface area contributed by atoms with Crippen molar-refractivity contribution in [3.05, 3.63) is 0 Å². The van der Waals surface area contributed by atoms with Crippen LogP contribution in [0.1, 0.15) is 39.5 Å². The minimum Gasteiger partial charge on any atom is -0.301 e. The molecule has 12 heavy (non-hydrogen) atoms. The summed E-state index contributed by atoms with van der Waals surface area (Å²) in [6.45, 7) is 7.21. The van der Waals surface area contributed by atoms with Crippen LogP contribution in [0.2, 0.25) is 0 Å². The molecule has 0 bridgehead atoms. The van der Waals surface area contributed by atoms with E-state index in [-0.39, 0.29) is 0 Å². The molecule has 1 fully saturated rings. The van der Waals surface area contributed by atoms with Crippen molar-refractivity contribution >= 4 is 15.9 Å². The first-order valence-corrected chi connectivity index (χ1v) is 6.03. The number of unbranched alkanes of at least 4 members (excludes halogenated alkanes) is 1. The van der Waals surface area contributed by atoms with E-state index in [2.05, 4.69) is 34.7 Å². The van der Waals surface area contributed by atoms with Gasteiger partial charge < -0.3 is 4.90 Å². The molecule has 0 radical (unpaired) electrons. The van der Waals surface area contributed by atoms with Crippen molar-refractivity contribution in [1.82, 2.24) is 4.90 Å². The molecule has 2 heteroatoms. The van der Waals surface area contributed by atoms with Crippen molar-refractivity contribution in [3.63, 3.8) is 0 Å². The quantitative estimate of drug-likeness (QED) is 0.678. The second-order valence-electron chi connectivity index (χ2n) is 3.86. The van der Waals surface area contributed by atoms with Gasteiger partial charge in [0.2, 0.25) is 0 Å². The molecule has 0 aromatic carbocycles. The highest BCUT2D eigenvalue weighted by molar-refractivity contribution is 9.09. The van der Waals surface area contributed by atoms with Crippen LogP contribution in [0.25, 0.3) is 0 Å². The number of hydrogen-bond acceptors (Lipinski definition) is 1. The summed E-state index contributed by atoms with van der Waals surface area (Å²) in [5.74, 6) is 0. The highest BCUT2D eigenvalue weighted by Gasteiger charge is 2.22. The fourth-order valence-corrected chi connectivity index (χ4v) is 2.60. The number of alkyl halides is 1. The molecule has 0 aromatic heterocycles. The Morgan fingerprint density at radius 1 is 1.50 bits per heavy atom. The van der Waals surface area contributed by atoms with Gasteiger partial charge in [0.05, 0.1) is 0 Å². The highest BCUT2D eigenvalue weighted by atomic mass is 79.9. The third kappa shape index (κ3) is 3.06. The van der Waals surface area contributed by atoms with Crippen LogP contribution in [0, 0.1) is 0 Å². The summed E-state index contributed by atoms with van der Waals surface area (Å²) >= 11 is 3.70. The standard InChI is InChI=1S/C10H20BrN/c1-3-4-6-12-7-5-10(11)8-9(12)2/h9-10H,3-8H2,1-2H3. The maximum absolute atomic E-state index is 3.70. The van der Waals surface area contributed by atoms with Crippen molar-refractivity contribution < 1.29 is 0 Å². The molecular formula is C10H20BrN. The zero-order valence-electron chi connectivity index (χ0n) is 8.22. The van der Waals surface area contributed by atoms with Gasteiger partial charge in [0, 0.05) is 10.9 Å². The van der Waals surface area contributed by atoms with Crippen LogP contribution in [0.5, 0.6) is 0 Å². The SMILES string of the molecule is CCCCN1CCC(Br)CC1C. The molecule has 1 rings (SSSR count). The minimum absolute atomic E-state index is 0.769. The Balaban J connectivity index is 2.25. The molecular weight excluding hydrogens is 214 g/mol. The van der Waals surface area contributed by atoms with Crippen molar-refractivity contribution in [1.29, 1.82) is 0 Å². The number of hydrogen-bond donors (Lipinski definition) is 0. The van der Waals surface area contributed by atoms with Crippen LogP contribution in [-0.2, 0) is 0 Å². The fraction of sp³-hybridized carbons (Fsp3) is 1.00. The molecule has 0 N–H and O–H groups in total. The largest absolute Gasteiger partial charge is 0.301 e. The highest BCUT2D eigenvalue weighted by Crippen LogP contribution is 2.22. The fourth-order valence-electron chi connectivity index (χ4n) is 1.86. The van der Waals surface area contributed by atoms with Gasteiger partial charge in [0.1, 0.15) is 0 Å². The van der Waals surface area contributed by atoms with Crippen LogP contribution in [-0.4, -0.2) is 28.9 Å². The minimum atomic E-state index is 0.769. The summed E-state index contributed by atoms with van der Waals surface area (Å²) in [6, 6.07) is 0.787. The first-order chi connectivity index (χ1) is 5.74. The van der Waals surface area contributed by atoms with E-state index in [9.17, 15) is 0 Å². The van der Waals surface area contributed by atoms with Gasteiger partial charge in [-0.05, 0) is 39.3 Å². The summed E-state index contributed by atoms with van der Waals surface area (Å²) in [7, 11) is 0. The number of rotatable bonds is 3. The van der Waals surface area contributed by atoms with Crippen LogP contribution in [0.4, 0.5) is 0 Å². The van der Waals surface area contributed by atoms with E-state index in [1.807, 2.05) is 0 Å². The van der Waals surface area contributed by atoms with Crippen molar-refractivity contribution in [2.45, 2.75) is 50.4 Å². The van der Waals surface area contributed by atoms with Crippen molar-refractivity contribution in [2.24, 2.45) is 0 Å². The zero-order chi connectivity index (χ0) is 8.97. The predicted molar refractivity (Wildman–Crippen MR) is 57.9 cm³/mol. The Labute approximate surface area is 84.6 Å². The van der Waals surface area contributed by atoms with Gasteiger partial charge >= 0.3 is 0 Å². The lowest BCUT2D eigenvalue weighted by atomic mass is 10.0. The average molecular weight is 234 g/mol. The lowest BCUT2D eigenvalue weighted by Crippen LogP contribution is -2.41. The van der Waals surface area contributed by atoms with E-state index in [0.29, 0.717) is 0 Å². The molecule has 1 heterocycles. The molecule has 0 aromatic rings. The van der Waals surface area contributed by atoms with Crippen molar-refractivity contribution in [3.8, 4) is 0 Å². The van der Waals surface area contributed by atoms with Crippen LogP contribution >= 0.6 is 15.9 Å². The summed E-state index contributed by atoms with van der Waals surface area (Å²) in [4.78, 5) is 3.40. The molecule has 1 aliphatic heterocycles. The molecule has 72 valence electrons. The molecule has 0 amide bonds. The molecule has 2 atom stereocenters. The lowest BCUT2D eigenvalue weighted by Gasteiger charge is -2.35. The first kappa shape index (κ1) is 10.5. The third-order valence-corrected chi connectivity index (χ3v) is 3.58. The van der Waals surface area contributed by atoms with Crippen LogP contribution in [0.15, 0.2) is 0 Å². The van der Waals surface area contributed by atoms with Crippen LogP contribution < -0.4 is 0 Å². The Hall–Kier alpha value is 0.440. The van der Waals surface area contributed by atoms with Gasteiger partial charge in [-0.3, -0.25) is 0 Å². The lowest BCUT2D eigenvalue weighted by molar-refractivity contribution is 0.163. The number of halogens is 1. The van der Waals surface area contributed by atoms with E-state index in [1.165, 1.54) is 38.8 Å². The summed E-state index contributed by atoms with van der Waals surface area (Å²) in [6.07, 6.45) is 5.33. The number of piperidine rings is 1. The summed E-state index contributed by atoms with van der Waals surface area (Å²) in [5.41, 5.74) is 0. The molecule has 1 saturated heterocycles. The summed E-state index contributed by atoms with van der Waals surface area (Å²) < 4.78 is 0. The Morgan fingerprint density at radius 2 is 2.25 bits per heavy atom. The predicted octanol–water partition coefficient (Wildman–Crippen LogP) is 3.03. The average Bonchev–Trinajstić information content (AvgIpc) is 2.03. The second kappa shape index (κ2) is 5.23. The normalized spacial score (nSPS) is 32.2. The van der Waals surface area contributed by atoms with E-state index >= 15 is 0 Å².